The van der Waals surface area contributed by atoms with E-state index in [9.17, 15) is 9.90 Å². The number of para-hydroxylation sites is 1. The molecule has 0 bridgehead atoms. The Labute approximate surface area is 165 Å². The summed E-state index contributed by atoms with van der Waals surface area (Å²) in [5, 5.41) is 11.8. The molecule has 4 aromatic rings. The molecular weight excluding hydrogens is 380 g/mol. The Morgan fingerprint density at radius 1 is 1.21 bits per heavy atom. The van der Waals surface area contributed by atoms with Gasteiger partial charge in [0.15, 0.2) is 0 Å². The predicted octanol–water partition coefficient (Wildman–Crippen LogP) is 3.93. The molecule has 0 radical (unpaired) electrons. The van der Waals surface area contributed by atoms with Crippen LogP contribution < -0.4 is 5.56 Å². The van der Waals surface area contributed by atoms with Crippen LogP contribution in [-0.2, 0) is 11.3 Å². The van der Waals surface area contributed by atoms with Gasteiger partial charge in [0.25, 0.3) is 5.56 Å². The largest absolute Gasteiger partial charge is 0.448 e. The molecule has 2 atom stereocenters. The molecule has 1 N–H and O–H groups in total. The lowest BCUT2D eigenvalue weighted by atomic mass is 10.1. The van der Waals surface area contributed by atoms with Crippen molar-refractivity contribution in [2.45, 2.75) is 25.7 Å². The highest BCUT2D eigenvalue weighted by Gasteiger charge is 2.16. The number of aromatic nitrogens is 2. The summed E-state index contributed by atoms with van der Waals surface area (Å²) < 4.78 is 12.7. The summed E-state index contributed by atoms with van der Waals surface area (Å²) in [5.74, 6) is 0. The Kier molecular flexibility index (Phi) is 5.17. The summed E-state index contributed by atoms with van der Waals surface area (Å²) >= 11 is 5.89. The zero-order chi connectivity index (χ0) is 19.7. The maximum atomic E-state index is 12.7. The molecule has 0 spiro atoms. The minimum absolute atomic E-state index is 0.0617. The van der Waals surface area contributed by atoms with Crippen molar-refractivity contribution in [3.05, 3.63) is 75.8 Å². The van der Waals surface area contributed by atoms with Gasteiger partial charge in [-0.2, -0.15) is 0 Å². The SMILES string of the molecule is C[C@H](OC[C@@H](O)Cn1cnc2c(oc3ccccc32)c1=O)c1ccc(Cl)cc1. The van der Waals surface area contributed by atoms with Gasteiger partial charge >= 0.3 is 0 Å². The van der Waals surface area contributed by atoms with Crippen LogP contribution in [0.4, 0.5) is 0 Å². The number of hydrogen-bond donors (Lipinski definition) is 1. The van der Waals surface area contributed by atoms with Crippen LogP contribution in [0.2, 0.25) is 5.02 Å². The third-order valence-electron chi connectivity index (χ3n) is 4.64. The number of halogens is 1. The summed E-state index contributed by atoms with van der Waals surface area (Å²) in [6.45, 7) is 2.03. The molecular formula is C21H19ClN2O4. The molecule has 2 aromatic heterocycles. The van der Waals surface area contributed by atoms with Gasteiger partial charge in [-0.05, 0) is 36.8 Å². The predicted molar refractivity (Wildman–Crippen MR) is 108 cm³/mol. The van der Waals surface area contributed by atoms with Gasteiger partial charge in [0.1, 0.15) is 11.1 Å². The van der Waals surface area contributed by atoms with E-state index < -0.39 is 6.10 Å². The number of aliphatic hydroxyl groups is 1. The molecule has 0 saturated carbocycles. The first-order valence-corrected chi connectivity index (χ1v) is 9.32. The fourth-order valence-corrected chi connectivity index (χ4v) is 3.24. The summed E-state index contributed by atoms with van der Waals surface area (Å²) in [5.41, 5.74) is 1.95. The zero-order valence-corrected chi connectivity index (χ0v) is 16.0. The number of aliphatic hydroxyl groups excluding tert-OH is 1. The quantitative estimate of drug-likeness (QED) is 0.532. The Morgan fingerprint density at radius 3 is 2.75 bits per heavy atom. The second kappa shape index (κ2) is 7.75. The van der Waals surface area contributed by atoms with E-state index in [0.29, 0.717) is 16.1 Å². The Balaban J connectivity index is 1.46. The second-order valence-electron chi connectivity index (χ2n) is 6.66. The number of rotatable bonds is 6. The fraction of sp³-hybridized carbons (Fsp3) is 0.238. The molecule has 28 heavy (non-hydrogen) atoms. The van der Waals surface area contributed by atoms with Gasteiger partial charge in [0, 0.05) is 10.4 Å². The lowest BCUT2D eigenvalue weighted by molar-refractivity contribution is -0.00912. The average Bonchev–Trinajstić information content (AvgIpc) is 3.08. The molecule has 0 unspecified atom stereocenters. The standard InChI is InChI=1S/C21H19ClN2O4/c1-13(14-6-8-15(22)9-7-14)27-11-16(25)10-24-12-23-19-17-4-2-3-5-18(17)28-20(19)21(24)26/h2-9,12-13,16,25H,10-11H2,1H3/t13-,16-/m0/s1. The van der Waals surface area contributed by atoms with Crippen molar-refractivity contribution < 1.29 is 14.3 Å². The van der Waals surface area contributed by atoms with E-state index in [4.69, 9.17) is 20.8 Å². The third-order valence-corrected chi connectivity index (χ3v) is 4.89. The van der Waals surface area contributed by atoms with Gasteiger partial charge in [-0.25, -0.2) is 4.98 Å². The van der Waals surface area contributed by atoms with Crippen molar-refractivity contribution >= 4 is 33.7 Å². The number of hydrogen-bond acceptors (Lipinski definition) is 5. The number of benzene rings is 2. The molecule has 2 heterocycles. The van der Waals surface area contributed by atoms with Crippen LogP contribution in [0, 0.1) is 0 Å². The molecule has 144 valence electrons. The summed E-state index contributed by atoms with van der Waals surface area (Å²) in [6, 6.07) is 14.7. The Bertz CT molecular complexity index is 1170. The smallest absolute Gasteiger partial charge is 0.297 e. The number of fused-ring (bicyclic) bond motifs is 3. The number of ether oxygens (including phenoxy) is 1. The van der Waals surface area contributed by atoms with Crippen molar-refractivity contribution in [1.29, 1.82) is 0 Å². The fourth-order valence-electron chi connectivity index (χ4n) is 3.11. The van der Waals surface area contributed by atoms with Crippen molar-refractivity contribution in [1.82, 2.24) is 9.55 Å². The second-order valence-corrected chi connectivity index (χ2v) is 7.10. The van der Waals surface area contributed by atoms with Crippen molar-refractivity contribution in [2.75, 3.05) is 6.61 Å². The first-order chi connectivity index (χ1) is 13.5. The lowest BCUT2D eigenvalue weighted by Gasteiger charge is -2.17. The first kappa shape index (κ1) is 18.7. The summed E-state index contributed by atoms with van der Waals surface area (Å²) in [4.78, 5) is 17.0. The molecule has 0 aliphatic carbocycles. The van der Waals surface area contributed by atoms with Crippen LogP contribution in [0.15, 0.2) is 64.1 Å². The number of nitrogens with zero attached hydrogens (tertiary/aromatic N) is 2. The minimum atomic E-state index is -0.865. The third kappa shape index (κ3) is 3.67. The van der Waals surface area contributed by atoms with E-state index in [1.807, 2.05) is 37.3 Å². The van der Waals surface area contributed by atoms with Crippen LogP contribution in [0.25, 0.3) is 22.1 Å². The molecule has 7 heteroatoms. The van der Waals surface area contributed by atoms with Crippen LogP contribution in [0.5, 0.6) is 0 Å². The van der Waals surface area contributed by atoms with Gasteiger partial charge in [0.05, 0.1) is 31.7 Å². The lowest BCUT2D eigenvalue weighted by Crippen LogP contribution is -2.29. The first-order valence-electron chi connectivity index (χ1n) is 8.95. The highest BCUT2D eigenvalue weighted by atomic mass is 35.5. The van der Waals surface area contributed by atoms with E-state index in [0.717, 1.165) is 10.9 Å². The van der Waals surface area contributed by atoms with Crippen LogP contribution in [0.1, 0.15) is 18.6 Å². The Hall–Kier alpha value is -2.67. The maximum absolute atomic E-state index is 12.7. The van der Waals surface area contributed by atoms with Crippen molar-refractivity contribution in [3.63, 3.8) is 0 Å². The molecule has 0 saturated heterocycles. The number of furan rings is 1. The normalized spacial score (nSPS) is 13.8. The molecule has 0 aliphatic heterocycles. The van der Waals surface area contributed by atoms with Gasteiger partial charge in [-0.15, -0.1) is 0 Å². The minimum Gasteiger partial charge on any atom is -0.448 e. The van der Waals surface area contributed by atoms with E-state index in [-0.39, 0.29) is 30.4 Å². The molecule has 0 amide bonds. The maximum Gasteiger partial charge on any atom is 0.297 e. The highest BCUT2D eigenvalue weighted by Crippen LogP contribution is 2.24. The molecule has 4 rings (SSSR count). The molecule has 2 aromatic carbocycles. The van der Waals surface area contributed by atoms with Crippen molar-refractivity contribution in [2.24, 2.45) is 0 Å². The monoisotopic (exact) mass is 398 g/mol. The van der Waals surface area contributed by atoms with E-state index >= 15 is 0 Å². The Morgan fingerprint density at radius 2 is 1.96 bits per heavy atom. The molecule has 0 fully saturated rings. The van der Waals surface area contributed by atoms with E-state index in [2.05, 4.69) is 4.98 Å². The van der Waals surface area contributed by atoms with Crippen LogP contribution >= 0.6 is 11.6 Å². The van der Waals surface area contributed by atoms with Crippen LogP contribution in [0.3, 0.4) is 0 Å². The summed E-state index contributed by atoms with van der Waals surface area (Å²) in [7, 11) is 0. The summed E-state index contributed by atoms with van der Waals surface area (Å²) in [6.07, 6.45) is 0.356. The zero-order valence-electron chi connectivity index (χ0n) is 15.2. The van der Waals surface area contributed by atoms with Gasteiger partial charge in [0.2, 0.25) is 5.58 Å². The van der Waals surface area contributed by atoms with E-state index in [1.54, 1.807) is 18.2 Å². The van der Waals surface area contributed by atoms with E-state index in [1.165, 1.54) is 10.9 Å². The average molecular weight is 399 g/mol. The highest BCUT2D eigenvalue weighted by molar-refractivity contribution is 6.30. The van der Waals surface area contributed by atoms with Crippen LogP contribution in [-0.4, -0.2) is 27.4 Å². The van der Waals surface area contributed by atoms with Crippen molar-refractivity contribution in [3.8, 4) is 0 Å². The van der Waals surface area contributed by atoms with Gasteiger partial charge in [-0.1, -0.05) is 35.9 Å². The molecule has 0 aliphatic rings. The topological polar surface area (TPSA) is 77.5 Å². The van der Waals surface area contributed by atoms with Gasteiger partial charge < -0.3 is 14.3 Å². The molecule has 6 nitrogen and oxygen atoms in total. The van der Waals surface area contributed by atoms with Gasteiger partial charge in [-0.3, -0.25) is 9.36 Å².